The van der Waals surface area contributed by atoms with Gasteiger partial charge in [-0.15, -0.1) is 0 Å². The van der Waals surface area contributed by atoms with E-state index in [0.29, 0.717) is 18.2 Å². The van der Waals surface area contributed by atoms with Crippen LogP contribution in [0.2, 0.25) is 5.02 Å². The molecule has 1 heterocycles. The largest absolute Gasteiger partial charge is 0.380 e. The van der Waals surface area contributed by atoms with Gasteiger partial charge in [-0.3, -0.25) is 0 Å². The average Bonchev–Trinajstić information content (AvgIpc) is 2.38. The van der Waals surface area contributed by atoms with E-state index < -0.39 is 0 Å². The molecule has 0 saturated heterocycles. The van der Waals surface area contributed by atoms with Gasteiger partial charge in [0.1, 0.15) is 5.82 Å². The quantitative estimate of drug-likeness (QED) is 0.882. The molecule has 19 heavy (non-hydrogen) atoms. The molecule has 5 heteroatoms. The van der Waals surface area contributed by atoms with Crippen molar-refractivity contribution in [1.29, 1.82) is 0 Å². The second kappa shape index (κ2) is 6.89. The molecule has 0 amide bonds. The first-order valence-corrected chi connectivity index (χ1v) is 6.98. The predicted octanol–water partition coefficient (Wildman–Crippen LogP) is 4.26. The van der Waals surface area contributed by atoms with E-state index in [9.17, 15) is 0 Å². The van der Waals surface area contributed by atoms with Crippen LogP contribution >= 0.6 is 27.5 Å². The van der Waals surface area contributed by atoms with Crippen molar-refractivity contribution < 1.29 is 4.74 Å². The Bertz CT molecular complexity index is 563. The maximum absolute atomic E-state index is 5.86. The van der Waals surface area contributed by atoms with Crippen LogP contribution in [0.5, 0.6) is 0 Å². The molecule has 2 rings (SSSR count). The van der Waals surface area contributed by atoms with E-state index in [1.165, 1.54) is 5.56 Å². The third-order valence-electron chi connectivity index (χ3n) is 2.57. The van der Waals surface area contributed by atoms with Crippen LogP contribution in [0, 0.1) is 0 Å². The highest BCUT2D eigenvalue weighted by molar-refractivity contribution is 9.10. The van der Waals surface area contributed by atoms with Gasteiger partial charge in [-0.25, -0.2) is 4.98 Å². The fraction of sp³-hybridized carbons (Fsp3) is 0.214. The summed E-state index contributed by atoms with van der Waals surface area (Å²) in [5.74, 6) is 0.779. The molecule has 0 atom stereocenters. The zero-order valence-electron chi connectivity index (χ0n) is 10.5. The number of hydrogen-bond donors (Lipinski definition) is 1. The van der Waals surface area contributed by atoms with Gasteiger partial charge < -0.3 is 10.1 Å². The number of nitrogens with zero attached hydrogens (tertiary/aromatic N) is 1. The molecule has 100 valence electrons. The Morgan fingerprint density at radius 2 is 2.11 bits per heavy atom. The molecule has 0 saturated carbocycles. The summed E-state index contributed by atoms with van der Waals surface area (Å²) in [6, 6.07) is 10.1. The minimum atomic E-state index is 0.611. The third kappa shape index (κ3) is 4.20. The fourth-order valence-corrected chi connectivity index (χ4v) is 2.51. The molecule has 2 aromatic rings. The summed E-state index contributed by atoms with van der Waals surface area (Å²) < 4.78 is 5.98. The van der Waals surface area contributed by atoms with Crippen LogP contribution in [0.3, 0.4) is 0 Å². The zero-order valence-corrected chi connectivity index (χ0v) is 12.8. The molecule has 0 unspecified atom stereocenters. The zero-order chi connectivity index (χ0) is 13.7. The highest BCUT2D eigenvalue weighted by Gasteiger charge is 2.02. The van der Waals surface area contributed by atoms with Crippen LogP contribution in [-0.4, -0.2) is 12.1 Å². The lowest BCUT2D eigenvalue weighted by Crippen LogP contribution is -2.02. The van der Waals surface area contributed by atoms with E-state index in [2.05, 4.69) is 38.4 Å². The number of ether oxygens (including phenoxy) is 1. The standard InChI is InChI=1S/C14H14BrClN2O/c1-19-9-11-4-2-3-10(5-11)7-17-14-13(15)6-12(16)8-18-14/h2-6,8H,7,9H2,1H3,(H,17,18). The minimum Gasteiger partial charge on any atom is -0.380 e. The van der Waals surface area contributed by atoms with Crippen molar-refractivity contribution in [2.75, 3.05) is 12.4 Å². The maximum Gasteiger partial charge on any atom is 0.140 e. The molecule has 0 aliphatic heterocycles. The number of halogens is 2. The number of methoxy groups -OCH3 is 1. The van der Waals surface area contributed by atoms with Gasteiger partial charge in [0.25, 0.3) is 0 Å². The lowest BCUT2D eigenvalue weighted by molar-refractivity contribution is 0.185. The van der Waals surface area contributed by atoms with E-state index in [-0.39, 0.29) is 0 Å². The van der Waals surface area contributed by atoms with Crippen molar-refractivity contribution in [1.82, 2.24) is 4.98 Å². The predicted molar refractivity (Wildman–Crippen MR) is 81.4 cm³/mol. The Kier molecular flexibility index (Phi) is 5.19. The maximum atomic E-state index is 5.86. The van der Waals surface area contributed by atoms with Crippen LogP contribution < -0.4 is 5.32 Å². The topological polar surface area (TPSA) is 34.1 Å². The average molecular weight is 342 g/mol. The molecule has 1 N–H and O–H groups in total. The lowest BCUT2D eigenvalue weighted by atomic mass is 10.1. The van der Waals surface area contributed by atoms with E-state index in [4.69, 9.17) is 16.3 Å². The summed E-state index contributed by atoms with van der Waals surface area (Å²) in [4.78, 5) is 4.24. The monoisotopic (exact) mass is 340 g/mol. The molecule has 0 fully saturated rings. The highest BCUT2D eigenvalue weighted by atomic mass is 79.9. The van der Waals surface area contributed by atoms with Crippen molar-refractivity contribution in [3.63, 3.8) is 0 Å². The summed E-state index contributed by atoms with van der Waals surface area (Å²) >= 11 is 9.29. The fourth-order valence-electron chi connectivity index (χ4n) is 1.73. The van der Waals surface area contributed by atoms with Crippen molar-refractivity contribution >= 4 is 33.3 Å². The number of benzene rings is 1. The molecule has 0 spiro atoms. The van der Waals surface area contributed by atoms with Gasteiger partial charge in [0.05, 0.1) is 16.1 Å². The Labute approximate surface area is 126 Å². The minimum absolute atomic E-state index is 0.611. The van der Waals surface area contributed by atoms with Gasteiger partial charge in [0.15, 0.2) is 0 Å². The summed E-state index contributed by atoms with van der Waals surface area (Å²) in [7, 11) is 1.69. The molecule has 1 aromatic carbocycles. The van der Waals surface area contributed by atoms with Gasteiger partial charge in [0.2, 0.25) is 0 Å². The van der Waals surface area contributed by atoms with E-state index in [1.54, 1.807) is 13.3 Å². The summed E-state index contributed by atoms with van der Waals surface area (Å²) in [6.45, 7) is 1.32. The normalized spacial score (nSPS) is 10.5. The van der Waals surface area contributed by atoms with Crippen LogP contribution in [0.15, 0.2) is 41.0 Å². The van der Waals surface area contributed by atoms with Crippen LogP contribution in [0.25, 0.3) is 0 Å². The van der Waals surface area contributed by atoms with Crippen molar-refractivity contribution in [3.05, 3.63) is 57.2 Å². The van der Waals surface area contributed by atoms with E-state index in [0.717, 1.165) is 15.9 Å². The van der Waals surface area contributed by atoms with Gasteiger partial charge in [-0.1, -0.05) is 35.9 Å². The van der Waals surface area contributed by atoms with Gasteiger partial charge in [-0.05, 0) is 33.1 Å². The molecule has 0 aliphatic carbocycles. The number of rotatable bonds is 5. The Morgan fingerprint density at radius 1 is 1.32 bits per heavy atom. The smallest absolute Gasteiger partial charge is 0.140 e. The van der Waals surface area contributed by atoms with Crippen LogP contribution in [0.1, 0.15) is 11.1 Å². The first kappa shape index (κ1) is 14.3. The number of pyridine rings is 1. The number of aromatic nitrogens is 1. The number of anilines is 1. The molecule has 0 bridgehead atoms. The Hall–Kier alpha value is -1.10. The third-order valence-corrected chi connectivity index (χ3v) is 3.38. The summed E-state index contributed by atoms with van der Waals surface area (Å²) in [5, 5.41) is 3.88. The van der Waals surface area contributed by atoms with Gasteiger partial charge in [0, 0.05) is 19.9 Å². The SMILES string of the molecule is COCc1cccc(CNc2ncc(Cl)cc2Br)c1. The first-order valence-electron chi connectivity index (χ1n) is 5.80. The van der Waals surface area contributed by atoms with Crippen molar-refractivity contribution in [3.8, 4) is 0 Å². The molecular weight excluding hydrogens is 328 g/mol. The van der Waals surface area contributed by atoms with E-state index in [1.807, 2.05) is 18.2 Å². The van der Waals surface area contributed by atoms with Crippen LogP contribution in [-0.2, 0) is 17.9 Å². The Balaban J connectivity index is 2.03. The second-order valence-corrected chi connectivity index (χ2v) is 5.38. The molecule has 0 radical (unpaired) electrons. The lowest BCUT2D eigenvalue weighted by Gasteiger charge is -2.09. The molecule has 3 nitrogen and oxygen atoms in total. The number of nitrogens with one attached hydrogen (secondary N) is 1. The summed E-state index contributed by atoms with van der Waals surface area (Å²) in [6.07, 6.45) is 1.62. The molecule has 1 aromatic heterocycles. The number of hydrogen-bond acceptors (Lipinski definition) is 3. The highest BCUT2D eigenvalue weighted by Crippen LogP contribution is 2.23. The van der Waals surface area contributed by atoms with Crippen LogP contribution in [0.4, 0.5) is 5.82 Å². The second-order valence-electron chi connectivity index (χ2n) is 4.09. The van der Waals surface area contributed by atoms with Gasteiger partial charge in [-0.2, -0.15) is 0 Å². The van der Waals surface area contributed by atoms with Crippen molar-refractivity contribution in [2.24, 2.45) is 0 Å². The Morgan fingerprint density at radius 3 is 2.84 bits per heavy atom. The van der Waals surface area contributed by atoms with E-state index >= 15 is 0 Å². The summed E-state index contributed by atoms with van der Waals surface area (Å²) in [5.41, 5.74) is 2.34. The van der Waals surface area contributed by atoms with Gasteiger partial charge >= 0.3 is 0 Å². The first-order chi connectivity index (χ1) is 9.19. The van der Waals surface area contributed by atoms with Crippen molar-refractivity contribution in [2.45, 2.75) is 13.2 Å². The molecule has 0 aliphatic rings. The molecular formula is C14H14BrClN2O.